The van der Waals surface area contributed by atoms with Crippen LogP contribution in [-0.4, -0.2) is 34.1 Å². The van der Waals surface area contributed by atoms with Gasteiger partial charge in [-0.1, -0.05) is 29.9 Å². The lowest BCUT2D eigenvalue weighted by Crippen LogP contribution is -2.28. The highest BCUT2D eigenvalue weighted by Crippen LogP contribution is 2.32. The smallest absolute Gasteiger partial charge is 0.297 e. The molecule has 1 saturated heterocycles. The summed E-state index contributed by atoms with van der Waals surface area (Å²) in [5.74, 6) is -0.839. The van der Waals surface area contributed by atoms with Crippen LogP contribution in [0.15, 0.2) is 24.3 Å². The highest BCUT2D eigenvalue weighted by atomic mass is 32.1. The molecule has 0 aliphatic carbocycles. The van der Waals surface area contributed by atoms with Gasteiger partial charge in [-0.3, -0.25) is 15.0 Å². The Hall–Kier alpha value is -2.00. The minimum Gasteiger partial charge on any atom is -0.297 e. The van der Waals surface area contributed by atoms with Gasteiger partial charge in [-0.2, -0.15) is 13.2 Å². The molecule has 1 amide bonds. The topological polar surface area (TPSA) is 58.1 Å². The Balaban J connectivity index is 1.68. The van der Waals surface area contributed by atoms with Crippen LogP contribution < -0.4 is 5.32 Å². The van der Waals surface area contributed by atoms with Crippen molar-refractivity contribution >= 4 is 22.4 Å². The Morgan fingerprint density at radius 3 is 2.60 bits per heavy atom. The lowest BCUT2D eigenvalue weighted by Gasteiger charge is -2.24. The van der Waals surface area contributed by atoms with Gasteiger partial charge in [0.25, 0.3) is 5.91 Å². The highest BCUT2D eigenvalue weighted by molar-refractivity contribution is 7.15. The Labute approximate surface area is 146 Å². The van der Waals surface area contributed by atoms with E-state index in [1.807, 2.05) is 0 Å². The number of hydrogen-bond acceptors (Lipinski definition) is 5. The van der Waals surface area contributed by atoms with Crippen LogP contribution in [0.25, 0.3) is 0 Å². The van der Waals surface area contributed by atoms with Crippen molar-refractivity contribution in [3.63, 3.8) is 0 Å². The second-order valence-electron chi connectivity index (χ2n) is 5.84. The summed E-state index contributed by atoms with van der Waals surface area (Å²) in [5.41, 5.74) is -1.40. The second kappa shape index (κ2) is 7.49. The van der Waals surface area contributed by atoms with Crippen LogP contribution in [-0.2, 0) is 12.7 Å². The van der Waals surface area contributed by atoms with Crippen LogP contribution in [0, 0.1) is 0 Å². The lowest BCUT2D eigenvalue weighted by atomic mass is 10.1. The molecule has 1 fully saturated rings. The molecule has 3 rings (SSSR count). The van der Waals surface area contributed by atoms with Crippen molar-refractivity contribution < 1.29 is 18.0 Å². The number of rotatable bonds is 4. The molecule has 1 N–H and O–H groups in total. The number of carbonyl (C=O) groups excluding carboxylic acids is 1. The number of likely N-dealkylation sites (tertiary alicyclic amines) is 1. The lowest BCUT2D eigenvalue weighted by molar-refractivity contribution is -0.137. The number of aromatic nitrogens is 2. The maximum absolute atomic E-state index is 13.0. The first-order valence-electron chi connectivity index (χ1n) is 7.96. The van der Waals surface area contributed by atoms with Gasteiger partial charge >= 0.3 is 6.18 Å². The van der Waals surface area contributed by atoms with E-state index in [-0.39, 0.29) is 5.13 Å². The number of piperidine rings is 1. The van der Waals surface area contributed by atoms with Crippen molar-refractivity contribution in [2.75, 3.05) is 18.4 Å². The first kappa shape index (κ1) is 17.8. The molecule has 134 valence electrons. The molecule has 0 radical (unpaired) electrons. The summed E-state index contributed by atoms with van der Waals surface area (Å²) >= 11 is 1.19. The maximum atomic E-state index is 13.0. The predicted molar refractivity (Wildman–Crippen MR) is 88.4 cm³/mol. The zero-order chi connectivity index (χ0) is 17.9. The van der Waals surface area contributed by atoms with Crippen molar-refractivity contribution in [1.29, 1.82) is 0 Å². The third kappa shape index (κ3) is 4.55. The molecule has 1 aliphatic rings. The minimum atomic E-state index is -4.59. The fourth-order valence-electron chi connectivity index (χ4n) is 2.77. The molecule has 1 aromatic carbocycles. The van der Waals surface area contributed by atoms with Gasteiger partial charge in [0, 0.05) is 0 Å². The molecule has 0 spiro atoms. The largest absolute Gasteiger partial charge is 0.417 e. The number of benzene rings is 1. The van der Waals surface area contributed by atoms with Gasteiger partial charge in [0.2, 0.25) is 5.13 Å². The molecule has 1 aliphatic heterocycles. The van der Waals surface area contributed by atoms with Gasteiger partial charge in [-0.05, 0) is 38.1 Å². The monoisotopic (exact) mass is 370 g/mol. The SMILES string of the molecule is O=C(Nc1nnc(CN2CCCCC2)s1)c1ccccc1C(F)(F)F. The fourth-order valence-corrected chi connectivity index (χ4v) is 3.55. The van der Waals surface area contributed by atoms with Crippen molar-refractivity contribution in [2.24, 2.45) is 0 Å². The quantitative estimate of drug-likeness (QED) is 0.890. The number of amides is 1. The molecule has 0 unspecified atom stereocenters. The molecule has 1 aromatic heterocycles. The molecule has 0 bridgehead atoms. The van der Waals surface area contributed by atoms with Crippen molar-refractivity contribution in [2.45, 2.75) is 32.0 Å². The first-order valence-corrected chi connectivity index (χ1v) is 8.77. The van der Waals surface area contributed by atoms with Gasteiger partial charge in [-0.15, -0.1) is 10.2 Å². The molecule has 25 heavy (non-hydrogen) atoms. The zero-order valence-corrected chi connectivity index (χ0v) is 14.2. The summed E-state index contributed by atoms with van der Waals surface area (Å²) in [5, 5.41) is 11.2. The normalized spacial score (nSPS) is 16.0. The molecule has 0 saturated carbocycles. The summed E-state index contributed by atoms with van der Waals surface area (Å²) in [6.45, 7) is 2.65. The van der Waals surface area contributed by atoms with Crippen LogP contribution >= 0.6 is 11.3 Å². The van der Waals surface area contributed by atoms with Gasteiger partial charge < -0.3 is 0 Å². The van der Waals surface area contributed by atoms with Crippen LogP contribution in [0.2, 0.25) is 0 Å². The number of hydrogen-bond donors (Lipinski definition) is 1. The standard InChI is InChI=1S/C16H17F3N4OS/c17-16(18,19)12-7-3-2-6-11(12)14(24)20-15-22-21-13(25-15)10-23-8-4-1-5-9-23/h2-3,6-7H,1,4-5,8-10H2,(H,20,22,24). The molecule has 2 heterocycles. The van der Waals surface area contributed by atoms with E-state index in [2.05, 4.69) is 20.4 Å². The second-order valence-corrected chi connectivity index (χ2v) is 6.90. The third-order valence-electron chi connectivity index (χ3n) is 3.97. The van der Waals surface area contributed by atoms with E-state index in [1.165, 1.54) is 29.9 Å². The van der Waals surface area contributed by atoms with Crippen molar-refractivity contribution in [1.82, 2.24) is 15.1 Å². The van der Waals surface area contributed by atoms with Gasteiger partial charge in [0.1, 0.15) is 5.01 Å². The summed E-state index contributed by atoms with van der Waals surface area (Å²) in [4.78, 5) is 14.5. The number of carbonyl (C=O) groups is 1. The summed E-state index contributed by atoms with van der Waals surface area (Å²) in [7, 11) is 0. The van der Waals surface area contributed by atoms with Crippen LogP contribution in [0.1, 0.15) is 40.2 Å². The molecule has 9 heteroatoms. The van der Waals surface area contributed by atoms with Gasteiger partial charge in [0.15, 0.2) is 0 Å². The average Bonchev–Trinajstić information content (AvgIpc) is 3.02. The van der Waals surface area contributed by atoms with Gasteiger partial charge in [0.05, 0.1) is 17.7 Å². The Morgan fingerprint density at radius 1 is 1.16 bits per heavy atom. The summed E-state index contributed by atoms with van der Waals surface area (Å²) in [6, 6.07) is 4.68. The summed E-state index contributed by atoms with van der Waals surface area (Å²) < 4.78 is 39.0. The Bertz CT molecular complexity index is 741. The number of nitrogens with zero attached hydrogens (tertiary/aromatic N) is 3. The molecular weight excluding hydrogens is 353 g/mol. The predicted octanol–water partition coefficient (Wildman–Crippen LogP) is 3.80. The molecule has 5 nitrogen and oxygen atoms in total. The zero-order valence-electron chi connectivity index (χ0n) is 13.3. The van der Waals surface area contributed by atoms with E-state index >= 15 is 0 Å². The number of alkyl halides is 3. The fraction of sp³-hybridized carbons (Fsp3) is 0.438. The third-order valence-corrected chi connectivity index (χ3v) is 4.80. The highest BCUT2D eigenvalue weighted by Gasteiger charge is 2.35. The first-order chi connectivity index (χ1) is 11.9. The molecule has 0 atom stereocenters. The van der Waals surface area contributed by atoms with E-state index < -0.39 is 23.2 Å². The van der Waals surface area contributed by atoms with Crippen molar-refractivity contribution in [3.8, 4) is 0 Å². The number of nitrogens with one attached hydrogen (secondary N) is 1. The van der Waals surface area contributed by atoms with E-state index in [4.69, 9.17) is 0 Å². The molecule has 2 aromatic rings. The van der Waals surface area contributed by atoms with Crippen molar-refractivity contribution in [3.05, 3.63) is 40.4 Å². The minimum absolute atomic E-state index is 0.203. The van der Waals surface area contributed by atoms with E-state index in [9.17, 15) is 18.0 Å². The van der Waals surface area contributed by atoms with Crippen LogP contribution in [0.5, 0.6) is 0 Å². The average molecular weight is 370 g/mol. The van der Waals surface area contributed by atoms with E-state index in [0.717, 1.165) is 43.1 Å². The van der Waals surface area contributed by atoms with Crippen LogP contribution in [0.3, 0.4) is 0 Å². The Morgan fingerprint density at radius 2 is 1.88 bits per heavy atom. The number of halogens is 3. The van der Waals surface area contributed by atoms with E-state index in [1.54, 1.807) is 0 Å². The number of anilines is 1. The molecular formula is C16H17F3N4OS. The summed E-state index contributed by atoms with van der Waals surface area (Å²) in [6.07, 6.45) is -1.06. The van der Waals surface area contributed by atoms with E-state index in [0.29, 0.717) is 6.54 Å². The van der Waals surface area contributed by atoms with Crippen LogP contribution in [0.4, 0.5) is 18.3 Å². The maximum Gasteiger partial charge on any atom is 0.417 e. The Kier molecular flexibility index (Phi) is 5.33. The van der Waals surface area contributed by atoms with Gasteiger partial charge in [-0.25, -0.2) is 0 Å².